The maximum atomic E-state index is 5.90. The van der Waals surface area contributed by atoms with E-state index in [0.29, 0.717) is 11.5 Å². The van der Waals surface area contributed by atoms with E-state index < -0.39 is 0 Å². The van der Waals surface area contributed by atoms with Gasteiger partial charge >= 0.3 is 0 Å². The summed E-state index contributed by atoms with van der Waals surface area (Å²) in [5.41, 5.74) is 6.21. The molecule has 0 radical (unpaired) electrons. The minimum Gasteiger partial charge on any atom is -0.381 e. The first-order chi connectivity index (χ1) is 6.59. The Morgan fingerprint density at radius 2 is 1.93 bits per heavy atom. The quantitative estimate of drug-likeness (QED) is 0.738. The summed E-state index contributed by atoms with van der Waals surface area (Å²) in [6.07, 6.45) is 2.22. The van der Waals surface area contributed by atoms with Crippen LogP contribution in [0.15, 0.2) is 0 Å². The Hall–Kier alpha value is -0.120. The van der Waals surface area contributed by atoms with E-state index in [-0.39, 0.29) is 0 Å². The molecule has 84 valence electrons. The highest BCUT2D eigenvalue weighted by atomic mass is 16.5. The van der Waals surface area contributed by atoms with E-state index in [2.05, 4.69) is 25.8 Å². The summed E-state index contributed by atoms with van der Waals surface area (Å²) >= 11 is 0. The number of hydrogen-bond acceptors (Lipinski definition) is 3. The average Bonchev–Trinajstić information content (AvgIpc) is 2.19. The fourth-order valence-corrected chi connectivity index (χ4v) is 1.94. The largest absolute Gasteiger partial charge is 0.381 e. The van der Waals surface area contributed by atoms with Crippen molar-refractivity contribution in [1.29, 1.82) is 0 Å². The summed E-state index contributed by atoms with van der Waals surface area (Å²) < 4.78 is 5.39. The van der Waals surface area contributed by atoms with Crippen molar-refractivity contribution in [2.24, 2.45) is 11.1 Å². The van der Waals surface area contributed by atoms with Gasteiger partial charge in [-0.25, -0.2) is 0 Å². The highest BCUT2D eigenvalue weighted by Gasteiger charge is 2.32. The lowest BCUT2D eigenvalue weighted by atomic mass is 9.79. The number of nitrogens with zero attached hydrogens (tertiary/aromatic N) is 1. The number of ether oxygens (including phenoxy) is 1. The van der Waals surface area contributed by atoms with Gasteiger partial charge in [0.2, 0.25) is 0 Å². The first-order valence-corrected chi connectivity index (χ1v) is 5.58. The Bertz CT molecular complexity index is 165. The maximum absolute atomic E-state index is 5.90. The third kappa shape index (κ3) is 2.94. The van der Waals surface area contributed by atoms with Crippen molar-refractivity contribution in [2.75, 3.05) is 33.4 Å². The minimum absolute atomic E-state index is 0.303. The summed E-state index contributed by atoms with van der Waals surface area (Å²) in [6, 6.07) is 0.598. The standard InChI is InChI=1S/C11H24N2O/c1-10(2)13(3)9-11(8-12)4-6-14-7-5-11/h10H,4-9,12H2,1-3H3. The summed E-state index contributed by atoms with van der Waals surface area (Å²) in [6.45, 7) is 8.09. The molecule has 3 heteroatoms. The molecule has 0 aromatic rings. The smallest absolute Gasteiger partial charge is 0.0472 e. The molecule has 2 N–H and O–H groups in total. The predicted octanol–water partition coefficient (Wildman–Crippen LogP) is 1.08. The van der Waals surface area contributed by atoms with Gasteiger partial charge in [-0.3, -0.25) is 0 Å². The van der Waals surface area contributed by atoms with Crippen LogP contribution in [0.25, 0.3) is 0 Å². The Balaban J connectivity index is 2.51. The second-order valence-corrected chi connectivity index (χ2v) is 4.83. The molecule has 0 saturated carbocycles. The highest BCUT2D eigenvalue weighted by Crippen LogP contribution is 2.30. The lowest BCUT2D eigenvalue weighted by molar-refractivity contribution is -0.000320. The van der Waals surface area contributed by atoms with E-state index in [1.54, 1.807) is 0 Å². The van der Waals surface area contributed by atoms with Crippen molar-refractivity contribution in [2.45, 2.75) is 32.7 Å². The predicted molar refractivity (Wildman–Crippen MR) is 59.3 cm³/mol. The molecule has 3 nitrogen and oxygen atoms in total. The second-order valence-electron chi connectivity index (χ2n) is 4.83. The van der Waals surface area contributed by atoms with Crippen LogP contribution in [0, 0.1) is 5.41 Å². The Morgan fingerprint density at radius 3 is 2.36 bits per heavy atom. The van der Waals surface area contributed by atoms with Gasteiger partial charge in [0.25, 0.3) is 0 Å². The molecule has 1 fully saturated rings. The normalized spacial score (nSPS) is 21.9. The molecule has 0 spiro atoms. The molecule has 0 aliphatic carbocycles. The fourth-order valence-electron chi connectivity index (χ4n) is 1.94. The first kappa shape index (κ1) is 12.0. The van der Waals surface area contributed by atoms with Crippen LogP contribution in [0.1, 0.15) is 26.7 Å². The molecular formula is C11H24N2O. The minimum atomic E-state index is 0.303. The van der Waals surface area contributed by atoms with E-state index in [9.17, 15) is 0 Å². The lowest BCUT2D eigenvalue weighted by Gasteiger charge is -2.40. The summed E-state index contributed by atoms with van der Waals surface area (Å²) in [7, 11) is 2.18. The van der Waals surface area contributed by atoms with Crippen LogP contribution in [-0.4, -0.2) is 44.3 Å². The molecule has 1 saturated heterocycles. The van der Waals surface area contributed by atoms with Gasteiger partial charge in [-0.15, -0.1) is 0 Å². The van der Waals surface area contributed by atoms with Crippen molar-refractivity contribution in [3.63, 3.8) is 0 Å². The topological polar surface area (TPSA) is 38.5 Å². The zero-order valence-electron chi connectivity index (χ0n) is 9.75. The van der Waals surface area contributed by atoms with Gasteiger partial charge in [-0.2, -0.15) is 0 Å². The van der Waals surface area contributed by atoms with Crippen LogP contribution in [0.2, 0.25) is 0 Å². The van der Waals surface area contributed by atoms with Gasteiger partial charge in [0.1, 0.15) is 0 Å². The fraction of sp³-hybridized carbons (Fsp3) is 1.00. The Morgan fingerprint density at radius 1 is 1.36 bits per heavy atom. The molecule has 0 aromatic carbocycles. The summed E-state index contributed by atoms with van der Waals surface area (Å²) in [5, 5.41) is 0. The van der Waals surface area contributed by atoms with Gasteiger partial charge in [0.15, 0.2) is 0 Å². The molecule has 0 aromatic heterocycles. The molecule has 0 amide bonds. The SMILES string of the molecule is CC(C)N(C)CC1(CN)CCOCC1. The molecule has 0 atom stereocenters. The van der Waals surface area contributed by atoms with E-state index >= 15 is 0 Å². The number of rotatable bonds is 4. The van der Waals surface area contributed by atoms with Gasteiger partial charge in [-0.05, 0) is 45.7 Å². The number of hydrogen-bond donors (Lipinski definition) is 1. The van der Waals surface area contributed by atoms with Crippen LogP contribution < -0.4 is 5.73 Å². The maximum Gasteiger partial charge on any atom is 0.0472 e. The van der Waals surface area contributed by atoms with E-state index in [0.717, 1.165) is 39.1 Å². The van der Waals surface area contributed by atoms with Crippen LogP contribution in [0.4, 0.5) is 0 Å². The van der Waals surface area contributed by atoms with Crippen molar-refractivity contribution < 1.29 is 4.74 Å². The third-order valence-electron chi connectivity index (χ3n) is 3.45. The van der Waals surface area contributed by atoms with E-state index in [4.69, 9.17) is 10.5 Å². The molecule has 1 heterocycles. The van der Waals surface area contributed by atoms with Crippen molar-refractivity contribution >= 4 is 0 Å². The van der Waals surface area contributed by atoms with Crippen LogP contribution in [0.3, 0.4) is 0 Å². The zero-order valence-corrected chi connectivity index (χ0v) is 9.75. The lowest BCUT2D eigenvalue weighted by Crippen LogP contribution is -2.46. The van der Waals surface area contributed by atoms with Crippen molar-refractivity contribution in [3.05, 3.63) is 0 Å². The van der Waals surface area contributed by atoms with E-state index in [1.807, 2.05) is 0 Å². The third-order valence-corrected chi connectivity index (χ3v) is 3.45. The highest BCUT2D eigenvalue weighted by molar-refractivity contribution is 4.86. The van der Waals surface area contributed by atoms with Gasteiger partial charge in [0.05, 0.1) is 0 Å². The van der Waals surface area contributed by atoms with Gasteiger partial charge in [-0.1, -0.05) is 0 Å². The average molecular weight is 200 g/mol. The summed E-state index contributed by atoms with van der Waals surface area (Å²) in [4.78, 5) is 2.39. The van der Waals surface area contributed by atoms with Crippen LogP contribution in [-0.2, 0) is 4.74 Å². The van der Waals surface area contributed by atoms with Crippen molar-refractivity contribution in [1.82, 2.24) is 4.90 Å². The van der Waals surface area contributed by atoms with Gasteiger partial charge < -0.3 is 15.4 Å². The Labute approximate surface area is 87.6 Å². The van der Waals surface area contributed by atoms with Gasteiger partial charge in [0, 0.05) is 25.8 Å². The van der Waals surface area contributed by atoms with Crippen LogP contribution >= 0.6 is 0 Å². The second kappa shape index (κ2) is 5.10. The Kier molecular flexibility index (Phi) is 4.35. The molecular weight excluding hydrogens is 176 g/mol. The molecule has 14 heavy (non-hydrogen) atoms. The van der Waals surface area contributed by atoms with E-state index in [1.165, 1.54) is 0 Å². The van der Waals surface area contributed by atoms with Crippen LogP contribution in [0.5, 0.6) is 0 Å². The first-order valence-electron chi connectivity index (χ1n) is 5.58. The number of nitrogens with two attached hydrogens (primary N) is 1. The molecule has 0 unspecified atom stereocenters. The molecule has 1 aliphatic rings. The summed E-state index contributed by atoms with van der Waals surface area (Å²) in [5.74, 6) is 0. The van der Waals surface area contributed by atoms with Crippen molar-refractivity contribution in [3.8, 4) is 0 Å². The molecule has 0 bridgehead atoms. The zero-order chi connectivity index (χ0) is 10.6. The monoisotopic (exact) mass is 200 g/mol. The molecule has 1 rings (SSSR count). The molecule has 1 aliphatic heterocycles.